The molecule has 0 N–H and O–H groups in total. The summed E-state index contributed by atoms with van der Waals surface area (Å²) in [5.41, 5.74) is 1.06. The van der Waals surface area contributed by atoms with E-state index in [9.17, 15) is 9.59 Å². The maximum absolute atomic E-state index is 11.5. The number of benzene rings is 1. The summed E-state index contributed by atoms with van der Waals surface area (Å²) in [4.78, 5) is 22.0. The van der Waals surface area contributed by atoms with Crippen LogP contribution in [0.1, 0.15) is 10.4 Å². The summed E-state index contributed by atoms with van der Waals surface area (Å²) in [5, 5.41) is 3.83. The number of hydrogen-bond donors (Lipinski definition) is 0. The van der Waals surface area contributed by atoms with Gasteiger partial charge in [0.2, 0.25) is 0 Å². The standard InChI is InChI=1S/C10H9N3O2/c1-12-10(15)13(7-11-12)9-4-2-8(6-14)3-5-9/h2-7H,1H3. The van der Waals surface area contributed by atoms with Crippen LogP contribution in [0.4, 0.5) is 0 Å². The molecule has 0 amide bonds. The zero-order valence-corrected chi connectivity index (χ0v) is 8.12. The van der Waals surface area contributed by atoms with Gasteiger partial charge in [-0.1, -0.05) is 0 Å². The Morgan fingerprint density at radius 1 is 1.27 bits per heavy atom. The molecule has 5 nitrogen and oxygen atoms in total. The van der Waals surface area contributed by atoms with Crippen LogP contribution in [0, 0.1) is 0 Å². The molecule has 2 aromatic rings. The summed E-state index contributed by atoms with van der Waals surface area (Å²) in [6.07, 6.45) is 2.20. The molecule has 0 saturated carbocycles. The molecular formula is C10H9N3O2. The van der Waals surface area contributed by atoms with Crippen LogP contribution in [0.2, 0.25) is 0 Å². The lowest BCUT2D eigenvalue weighted by Crippen LogP contribution is -2.21. The molecule has 0 bridgehead atoms. The van der Waals surface area contributed by atoms with E-state index in [4.69, 9.17) is 0 Å². The zero-order valence-electron chi connectivity index (χ0n) is 8.12. The Labute approximate surface area is 85.6 Å². The van der Waals surface area contributed by atoms with E-state index in [0.29, 0.717) is 11.3 Å². The molecule has 15 heavy (non-hydrogen) atoms. The molecule has 5 heteroatoms. The SMILES string of the molecule is Cn1ncn(-c2ccc(C=O)cc2)c1=O. The first-order valence-electron chi connectivity index (χ1n) is 4.38. The van der Waals surface area contributed by atoms with E-state index >= 15 is 0 Å². The van der Waals surface area contributed by atoms with E-state index in [0.717, 1.165) is 6.29 Å². The van der Waals surface area contributed by atoms with E-state index in [2.05, 4.69) is 5.10 Å². The molecule has 1 aromatic heterocycles. The van der Waals surface area contributed by atoms with Gasteiger partial charge >= 0.3 is 5.69 Å². The first-order valence-corrected chi connectivity index (χ1v) is 4.38. The normalized spacial score (nSPS) is 10.2. The third kappa shape index (κ3) is 1.59. The minimum absolute atomic E-state index is 0.214. The fourth-order valence-corrected chi connectivity index (χ4v) is 1.27. The number of carbonyl (C=O) groups is 1. The molecule has 0 fully saturated rings. The van der Waals surface area contributed by atoms with Crippen LogP contribution in [0.5, 0.6) is 0 Å². The Hall–Kier alpha value is -2.17. The highest BCUT2D eigenvalue weighted by Crippen LogP contribution is 2.05. The van der Waals surface area contributed by atoms with Gasteiger partial charge in [-0.15, -0.1) is 0 Å². The summed E-state index contributed by atoms with van der Waals surface area (Å²) in [5.74, 6) is 0. The minimum atomic E-state index is -0.214. The van der Waals surface area contributed by atoms with Crippen LogP contribution in [-0.4, -0.2) is 20.6 Å². The lowest BCUT2D eigenvalue weighted by atomic mass is 10.2. The van der Waals surface area contributed by atoms with Gasteiger partial charge in [0, 0.05) is 12.6 Å². The average molecular weight is 203 g/mol. The van der Waals surface area contributed by atoms with E-state index in [1.165, 1.54) is 15.6 Å². The number of carbonyl (C=O) groups excluding carboxylic acids is 1. The van der Waals surface area contributed by atoms with E-state index < -0.39 is 0 Å². The molecule has 0 aliphatic heterocycles. The summed E-state index contributed by atoms with van der Waals surface area (Å²) >= 11 is 0. The Kier molecular flexibility index (Phi) is 2.21. The quantitative estimate of drug-likeness (QED) is 0.663. The molecule has 0 atom stereocenters. The van der Waals surface area contributed by atoms with Gasteiger partial charge in [-0.3, -0.25) is 4.79 Å². The Bertz CT molecular complexity index is 537. The van der Waals surface area contributed by atoms with Gasteiger partial charge in [0.05, 0.1) is 5.69 Å². The molecule has 1 heterocycles. The van der Waals surface area contributed by atoms with Crippen molar-refractivity contribution in [1.29, 1.82) is 0 Å². The number of nitrogens with zero attached hydrogens (tertiary/aromatic N) is 3. The molecule has 0 saturated heterocycles. The van der Waals surface area contributed by atoms with Crippen molar-refractivity contribution in [1.82, 2.24) is 14.3 Å². The minimum Gasteiger partial charge on any atom is -0.298 e. The van der Waals surface area contributed by atoms with Gasteiger partial charge in [0.25, 0.3) is 0 Å². The Morgan fingerprint density at radius 2 is 1.93 bits per heavy atom. The molecular weight excluding hydrogens is 194 g/mol. The van der Waals surface area contributed by atoms with Crippen molar-refractivity contribution >= 4 is 6.29 Å². The highest BCUT2D eigenvalue weighted by molar-refractivity contribution is 5.75. The largest absolute Gasteiger partial charge is 0.350 e. The molecule has 0 aliphatic carbocycles. The second kappa shape index (κ2) is 3.53. The van der Waals surface area contributed by atoms with Crippen molar-refractivity contribution in [2.24, 2.45) is 7.05 Å². The second-order valence-electron chi connectivity index (χ2n) is 3.12. The van der Waals surface area contributed by atoms with Crippen LogP contribution >= 0.6 is 0 Å². The summed E-state index contributed by atoms with van der Waals surface area (Å²) in [7, 11) is 1.58. The predicted octanol–water partition coefficient (Wildman–Crippen LogP) is 0.384. The highest BCUT2D eigenvalue weighted by Gasteiger charge is 2.02. The predicted molar refractivity (Wildman–Crippen MR) is 54.2 cm³/mol. The van der Waals surface area contributed by atoms with Crippen LogP contribution in [0.25, 0.3) is 5.69 Å². The Morgan fingerprint density at radius 3 is 2.40 bits per heavy atom. The molecule has 1 aromatic carbocycles. The number of aromatic nitrogens is 3. The topological polar surface area (TPSA) is 56.9 Å². The molecule has 0 radical (unpaired) electrons. The Balaban J connectivity index is 2.50. The number of rotatable bonds is 2. The van der Waals surface area contributed by atoms with Gasteiger partial charge in [0.1, 0.15) is 12.6 Å². The van der Waals surface area contributed by atoms with Crippen molar-refractivity contribution in [3.63, 3.8) is 0 Å². The van der Waals surface area contributed by atoms with E-state index in [1.54, 1.807) is 31.3 Å². The average Bonchev–Trinajstić information content (AvgIpc) is 2.60. The van der Waals surface area contributed by atoms with Crippen LogP contribution < -0.4 is 5.69 Å². The smallest absolute Gasteiger partial charge is 0.298 e. The van der Waals surface area contributed by atoms with Gasteiger partial charge in [-0.2, -0.15) is 5.10 Å². The van der Waals surface area contributed by atoms with E-state index in [-0.39, 0.29) is 5.69 Å². The molecule has 76 valence electrons. The lowest BCUT2D eigenvalue weighted by molar-refractivity contribution is 0.112. The van der Waals surface area contributed by atoms with E-state index in [1.807, 2.05) is 0 Å². The third-order valence-electron chi connectivity index (χ3n) is 2.13. The fourth-order valence-electron chi connectivity index (χ4n) is 1.27. The van der Waals surface area contributed by atoms with Gasteiger partial charge in [-0.05, 0) is 24.3 Å². The number of hydrogen-bond acceptors (Lipinski definition) is 3. The van der Waals surface area contributed by atoms with Crippen molar-refractivity contribution in [3.8, 4) is 5.69 Å². The van der Waals surface area contributed by atoms with Crippen LogP contribution in [0.3, 0.4) is 0 Å². The molecule has 0 aliphatic rings. The first kappa shape index (κ1) is 9.39. The highest BCUT2D eigenvalue weighted by atomic mass is 16.2. The molecule has 2 rings (SSSR count). The number of aldehydes is 1. The molecule has 0 spiro atoms. The maximum atomic E-state index is 11.5. The second-order valence-corrected chi connectivity index (χ2v) is 3.12. The van der Waals surface area contributed by atoms with Crippen molar-refractivity contribution in [3.05, 3.63) is 46.6 Å². The lowest BCUT2D eigenvalue weighted by Gasteiger charge is -1.99. The van der Waals surface area contributed by atoms with Crippen LogP contribution in [0.15, 0.2) is 35.4 Å². The van der Waals surface area contributed by atoms with Gasteiger partial charge < -0.3 is 0 Å². The number of aryl methyl sites for hydroxylation is 1. The van der Waals surface area contributed by atoms with Gasteiger partial charge in [-0.25, -0.2) is 14.0 Å². The first-order chi connectivity index (χ1) is 7.22. The van der Waals surface area contributed by atoms with Crippen molar-refractivity contribution in [2.45, 2.75) is 0 Å². The summed E-state index contributed by atoms with van der Waals surface area (Å²) in [6, 6.07) is 6.71. The summed E-state index contributed by atoms with van der Waals surface area (Å²) in [6.45, 7) is 0. The van der Waals surface area contributed by atoms with Crippen LogP contribution in [-0.2, 0) is 7.05 Å². The monoisotopic (exact) mass is 203 g/mol. The molecule has 0 unspecified atom stereocenters. The van der Waals surface area contributed by atoms with Gasteiger partial charge in [0.15, 0.2) is 0 Å². The third-order valence-corrected chi connectivity index (χ3v) is 2.13. The van der Waals surface area contributed by atoms with Crippen molar-refractivity contribution < 1.29 is 4.79 Å². The summed E-state index contributed by atoms with van der Waals surface area (Å²) < 4.78 is 2.65. The zero-order chi connectivity index (χ0) is 10.8. The fraction of sp³-hybridized carbons (Fsp3) is 0.100. The van der Waals surface area contributed by atoms with Crippen molar-refractivity contribution in [2.75, 3.05) is 0 Å². The maximum Gasteiger partial charge on any atom is 0.350 e.